The third kappa shape index (κ3) is 20.3. The van der Waals surface area contributed by atoms with Crippen molar-refractivity contribution >= 4 is 70.6 Å². The van der Waals surface area contributed by atoms with Gasteiger partial charge in [-0.1, -0.05) is 39.8 Å². The molecule has 0 unspecified atom stereocenters. The number of aliphatic hydroxyl groups excluding tert-OH is 4. The van der Waals surface area contributed by atoms with Crippen molar-refractivity contribution in [1.82, 2.24) is 57.4 Å². The highest BCUT2D eigenvalue weighted by atomic mass is 16.7. The summed E-state index contributed by atoms with van der Waals surface area (Å²) >= 11 is 0. The van der Waals surface area contributed by atoms with Gasteiger partial charge in [-0.15, -0.1) is 0 Å². The Balaban J connectivity index is 1.04. The SMILES string of the molecule is COc1cccc2c1C(=O)c1c(O)c3c(c(O)c1C2=O)C[C@@](O)(C(=O)CO)C[C@@H]3O[C@H]1C[C@H](NC(=O)[C@H](CC(C)C)NC(=O)[C@H](CCC(N)=O)NC(=O)[C@H](CC(C)C)NC(=O)[C@H](CCCCN)NC(=O)[C@H](CO)NC(=O)[C@H](CO)NC(=O)[C@H](Cc2cnc[nH]2)NC(=O)N2CCOCC2)[C@H](O)[C@H](C)O1. The van der Waals surface area contributed by atoms with E-state index in [1.165, 1.54) is 49.7 Å². The number of aromatic amines is 1. The minimum absolute atomic E-state index is 0.0228. The van der Waals surface area contributed by atoms with E-state index in [2.05, 4.69) is 52.5 Å². The van der Waals surface area contributed by atoms with E-state index in [9.17, 15) is 93.3 Å². The van der Waals surface area contributed by atoms with Gasteiger partial charge in [-0.05, 0) is 69.9 Å². The Morgan fingerprint density at radius 1 is 0.728 bits per heavy atom. The van der Waals surface area contributed by atoms with Crippen LogP contribution in [0.3, 0.4) is 0 Å². The number of phenolic OH excluding ortho intramolecular Hbond substituents is 2. The Kier molecular flexibility index (Phi) is 28.9. The molecule has 0 saturated carbocycles. The number of urea groups is 1. The molecule has 1 aromatic heterocycles. The number of ether oxygens (including phenoxy) is 4. The first-order valence-electron chi connectivity index (χ1n) is 34.0. The number of Topliss-reactive ketones (excluding diaryl/α,β-unsaturated/α-hetero) is 1. The average molecular weight is 1450 g/mol. The number of hydrogen-bond acceptors (Lipinski definition) is 25. The van der Waals surface area contributed by atoms with Crippen molar-refractivity contribution in [2.24, 2.45) is 23.3 Å². The van der Waals surface area contributed by atoms with Gasteiger partial charge in [0.05, 0.1) is 74.8 Å². The minimum Gasteiger partial charge on any atom is -0.507 e. The number of H-pyrrole nitrogens is 1. The maximum Gasteiger partial charge on any atom is 0.318 e. The summed E-state index contributed by atoms with van der Waals surface area (Å²) in [7, 11) is 1.26. The first kappa shape index (κ1) is 81.0. The second-order valence-electron chi connectivity index (χ2n) is 26.8. The van der Waals surface area contributed by atoms with Crippen LogP contribution in [-0.2, 0) is 70.2 Å². The number of benzene rings is 2. The van der Waals surface area contributed by atoms with Gasteiger partial charge < -0.3 is 119 Å². The Bertz CT molecular complexity index is 3590. The lowest BCUT2D eigenvalue weighted by Crippen LogP contribution is -2.62. The second-order valence-corrected chi connectivity index (χ2v) is 26.8. The lowest BCUT2D eigenvalue weighted by Gasteiger charge is -2.43. The van der Waals surface area contributed by atoms with E-state index in [4.69, 9.17) is 30.4 Å². The van der Waals surface area contributed by atoms with E-state index in [0.29, 0.717) is 12.1 Å². The molecule has 0 spiro atoms. The molecule has 10 amide bonds. The number of primary amides is 1. The number of aliphatic hydroxyl groups is 5. The molecule has 3 aromatic rings. The number of nitrogens with zero attached hydrogens (tertiary/aromatic N) is 2. The zero-order chi connectivity index (χ0) is 75.7. The van der Waals surface area contributed by atoms with Crippen LogP contribution in [0, 0.1) is 11.8 Å². The van der Waals surface area contributed by atoms with E-state index >= 15 is 0 Å². The first-order chi connectivity index (χ1) is 48.9. The van der Waals surface area contributed by atoms with Gasteiger partial charge in [-0.2, -0.15) is 0 Å². The molecule has 36 nitrogen and oxygen atoms in total. The van der Waals surface area contributed by atoms with E-state index in [1.54, 1.807) is 27.7 Å². The minimum atomic E-state index is -2.51. The van der Waals surface area contributed by atoms with Crippen molar-refractivity contribution in [2.75, 3.05) is 59.8 Å². The monoisotopic (exact) mass is 1450 g/mol. The lowest BCUT2D eigenvalue weighted by atomic mass is 9.72. The number of nitrogens with two attached hydrogens (primary N) is 2. The summed E-state index contributed by atoms with van der Waals surface area (Å²) in [5.41, 5.74) is 6.87. The molecule has 7 rings (SSSR count). The number of rotatable bonds is 35. The fourth-order valence-corrected chi connectivity index (χ4v) is 12.7. The number of unbranched alkanes of at least 4 members (excludes halogenated alkanes) is 1. The van der Waals surface area contributed by atoms with Gasteiger partial charge in [0.15, 0.2) is 17.9 Å². The van der Waals surface area contributed by atoms with Crippen LogP contribution in [0.2, 0.25) is 0 Å². The number of morpholine rings is 1. The van der Waals surface area contributed by atoms with Crippen LogP contribution in [0.4, 0.5) is 4.79 Å². The molecule has 2 fully saturated rings. The van der Waals surface area contributed by atoms with Crippen LogP contribution in [-0.4, -0.2) is 253 Å². The number of phenols is 2. The van der Waals surface area contributed by atoms with E-state index < -0.39 is 224 Å². The number of methoxy groups -OCH3 is 1. The fraction of sp³-hybridized carbons (Fsp3) is 0.597. The molecular formula is C67H95N13O23. The molecule has 4 aliphatic rings. The smallest absolute Gasteiger partial charge is 0.318 e. The predicted octanol–water partition coefficient (Wildman–Crippen LogP) is -4.08. The molecule has 566 valence electrons. The van der Waals surface area contributed by atoms with Crippen molar-refractivity contribution in [3.8, 4) is 17.2 Å². The van der Waals surface area contributed by atoms with Crippen LogP contribution < -0.4 is 58.7 Å². The number of hydrogen-bond donors (Lipinski definition) is 18. The largest absolute Gasteiger partial charge is 0.507 e. The van der Waals surface area contributed by atoms with Gasteiger partial charge in [-0.25, -0.2) is 9.78 Å². The summed E-state index contributed by atoms with van der Waals surface area (Å²) in [6.45, 7) is 6.18. The van der Waals surface area contributed by atoms with Gasteiger partial charge >= 0.3 is 6.03 Å². The Hall–Kier alpha value is -9.27. The number of imidazole rings is 1. The molecule has 2 aliphatic heterocycles. The van der Waals surface area contributed by atoms with E-state index in [-0.39, 0.29) is 105 Å². The topological polar surface area (TPSA) is 564 Å². The first-order valence-corrected chi connectivity index (χ1v) is 34.0. The van der Waals surface area contributed by atoms with E-state index in [0.717, 1.165) is 0 Å². The number of amides is 10. The van der Waals surface area contributed by atoms with E-state index in [1.807, 2.05) is 0 Å². The molecule has 103 heavy (non-hydrogen) atoms. The van der Waals surface area contributed by atoms with Gasteiger partial charge in [-0.3, -0.25) is 52.7 Å². The molecule has 20 N–H and O–H groups in total. The lowest BCUT2D eigenvalue weighted by molar-refractivity contribution is -0.249. The predicted molar refractivity (Wildman–Crippen MR) is 359 cm³/mol. The zero-order valence-corrected chi connectivity index (χ0v) is 58.1. The van der Waals surface area contributed by atoms with Crippen molar-refractivity contribution in [3.63, 3.8) is 0 Å². The normalized spacial score (nSPS) is 21.3. The van der Waals surface area contributed by atoms with Crippen molar-refractivity contribution in [3.05, 3.63) is 69.8 Å². The van der Waals surface area contributed by atoms with Crippen LogP contribution >= 0.6 is 0 Å². The van der Waals surface area contributed by atoms with Gasteiger partial charge in [0.2, 0.25) is 53.0 Å². The highest BCUT2D eigenvalue weighted by Crippen LogP contribution is 2.52. The number of carbonyl (C=O) groups is 12. The summed E-state index contributed by atoms with van der Waals surface area (Å²) < 4.78 is 23.0. The van der Waals surface area contributed by atoms with Crippen LogP contribution in [0.25, 0.3) is 0 Å². The number of fused-ring (bicyclic) bond motifs is 3. The molecule has 0 radical (unpaired) electrons. The van der Waals surface area contributed by atoms with Crippen molar-refractivity contribution < 1.29 is 112 Å². The highest BCUT2D eigenvalue weighted by Gasteiger charge is 2.51. The molecule has 0 bridgehead atoms. The third-order valence-electron chi connectivity index (χ3n) is 18.2. The summed E-state index contributed by atoms with van der Waals surface area (Å²) in [4.78, 5) is 174. The molecular weight excluding hydrogens is 1350 g/mol. The Labute approximate surface area is 592 Å². The van der Waals surface area contributed by atoms with Crippen molar-refractivity contribution in [1.29, 1.82) is 0 Å². The van der Waals surface area contributed by atoms with Gasteiger partial charge in [0.25, 0.3) is 0 Å². The maximum atomic E-state index is 14.6. The maximum absolute atomic E-state index is 14.6. The quantitative estimate of drug-likeness (QED) is 0.0154. The Morgan fingerprint density at radius 2 is 1.28 bits per heavy atom. The number of carbonyl (C=O) groups excluding carboxylic acids is 12. The summed E-state index contributed by atoms with van der Waals surface area (Å²) in [5, 5.41) is 98.3. The average Bonchev–Trinajstić information content (AvgIpc) is 0.842. The van der Waals surface area contributed by atoms with Gasteiger partial charge in [0, 0.05) is 73.8 Å². The van der Waals surface area contributed by atoms with Crippen LogP contribution in [0.5, 0.6) is 17.2 Å². The zero-order valence-electron chi connectivity index (χ0n) is 58.1. The molecule has 13 atom stereocenters. The van der Waals surface area contributed by atoms with Crippen LogP contribution in [0.1, 0.15) is 147 Å². The number of aromatic nitrogens is 2. The van der Waals surface area contributed by atoms with Crippen molar-refractivity contribution in [2.45, 2.75) is 184 Å². The number of aromatic hydroxyl groups is 2. The summed E-state index contributed by atoms with van der Waals surface area (Å²) in [6.07, 6.45) is -5.72. The molecule has 2 aliphatic carbocycles. The number of ketones is 3. The third-order valence-corrected chi connectivity index (χ3v) is 18.2. The number of nitrogens with one attached hydrogen (secondary N) is 9. The molecule has 3 heterocycles. The van der Waals surface area contributed by atoms with Crippen LogP contribution in [0.15, 0.2) is 30.7 Å². The summed E-state index contributed by atoms with van der Waals surface area (Å²) in [5.74, 6) is -13.2. The summed E-state index contributed by atoms with van der Waals surface area (Å²) in [6, 6.07) is -8.62. The molecule has 2 aromatic carbocycles. The fourth-order valence-electron chi connectivity index (χ4n) is 12.7. The Morgan fingerprint density at radius 3 is 1.83 bits per heavy atom. The highest BCUT2D eigenvalue weighted by molar-refractivity contribution is 6.31. The standard InChI is InChI=1S/C67H95N13O23/c1-31(2)20-40(75-59(91)37(11-7-8-15-68)72-64(96)43(27-81)78-65(97)44(28-82)77-63(95)42(22-34-26-70-30-71-34)79-66(98)80-16-18-101-19-17-80)61(93)73-38(13-14-48(69)85)60(92)76-41(21-32(3)4)62(94)74-39-23-49(102-33(5)54(39)86)103-46-25-67(99,47(84)29-83)24-36-51(46)58(90)53-52(56(36)88)55(87)35-10-9-12-45(100-6)50(35)57(53)89/h9-10,12,26,30-33,37-44,46,49,54,81-83,86,88,90,99H,7-8,11,13-25,27-29,68H2,1-6H3,(H2,69,85)(H,70,71)(H,72,96)(H,73,93)(H,74,94)(H,75,91)(H,76,92)(H,77,95)(H,78,97)(H,79,98)/t33-,37-,38-,39-,40-,41-,42-,43-,44-,46-,49-,54+,67-/m0/s1. The second kappa shape index (κ2) is 36.7. The van der Waals surface area contributed by atoms with Gasteiger partial charge in [0.1, 0.15) is 77.9 Å². The molecule has 36 heteroatoms. The molecule has 2 saturated heterocycles.